The van der Waals surface area contributed by atoms with E-state index >= 15 is 0 Å². The first kappa shape index (κ1) is 39.9. The van der Waals surface area contributed by atoms with E-state index in [4.69, 9.17) is 0 Å². The second kappa shape index (κ2) is 21.6. The summed E-state index contributed by atoms with van der Waals surface area (Å²) >= 11 is 0. The van der Waals surface area contributed by atoms with Crippen LogP contribution in [0.1, 0.15) is 140 Å². The Labute approximate surface area is 264 Å². The zero-order chi connectivity index (χ0) is 32.3. The van der Waals surface area contributed by atoms with Gasteiger partial charge in [0.25, 0.3) is 0 Å². The van der Waals surface area contributed by atoms with E-state index in [1.165, 1.54) is 60.8 Å². The summed E-state index contributed by atoms with van der Waals surface area (Å²) in [5, 5.41) is 0. The van der Waals surface area contributed by atoms with Crippen LogP contribution in [0.2, 0.25) is 0 Å². The van der Waals surface area contributed by atoms with Gasteiger partial charge in [-0.2, -0.15) is 0 Å². The van der Waals surface area contributed by atoms with E-state index < -0.39 is 0 Å². The van der Waals surface area contributed by atoms with E-state index in [0.717, 1.165) is 36.0 Å². The van der Waals surface area contributed by atoms with Crippen molar-refractivity contribution in [2.24, 2.45) is 35.0 Å². The minimum absolute atomic E-state index is 0.500. The van der Waals surface area contributed by atoms with Gasteiger partial charge in [-0.3, -0.25) is 0 Å². The number of benzene rings is 2. The molecule has 2 fully saturated rings. The Kier molecular flexibility index (Phi) is 20.5. The molecule has 2 aliphatic rings. The van der Waals surface area contributed by atoms with Crippen molar-refractivity contribution >= 4 is 0 Å². The molecule has 42 heavy (non-hydrogen) atoms. The van der Waals surface area contributed by atoms with Crippen LogP contribution < -0.4 is 0 Å². The van der Waals surface area contributed by atoms with Gasteiger partial charge in [0.05, 0.1) is 0 Å². The van der Waals surface area contributed by atoms with Gasteiger partial charge in [-0.15, -0.1) is 13.2 Å². The van der Waals surface area contributed by atoms with Gasteiger partial charge in [-0.25, -0.2) is 0 Å². The van der Waals surface area contributed by atoms with E-state index in [-0.39, 0.29) is 0 Å². The lowest BCUT2D eigenvalue weighted by molar-refractivity contribution is 0.143. The lowest BCUT2D eigenvalue weighted by atomic mass is 9.71. The molecule has 2 aromatic rings. The highest BCUT2D eigenvalue weighted by Gasteiger charge is 2.64. The summed E-state index contributed by atoms with van der Waals surface area (Å²) in [6.45, 7) is 33.9. The van der Waals surface area contributed by atoms with Gasteiger partial charge in [0, 0.05) is 0 Å². The van der Waals surface area contributed by atoms with Crippen LogP contribution in [0, 0.1) is 35.0 Å². The van der Waals surface area contributed by atoms with Crippen LogP contribution in [0.15, 0.2) is 79.4 Å². The van der Waals surface area contributed by atoms with Crippen LogP contribution in [0.25, 0.3) is 11.1 Å². The number of hydrogen-bond acceptors (Lipinski definition) is 0. The minimum atomic E-state index is 0.500. The summed E-state index contributed by atoms with van der Waals surface area (Å²) in [6, 6.07) is 19.6. The molecular formula is C42H70. The number of fused-ring (bicyclic) bond motifs is 1. The molecule has 238 valence electrons. The quantitative estimate of drug-likeness (QED) is 0.195. The molecule has 0 radical (unpaired) electrons. The minimum Gasteiger partial charge on any atom is -0.103 e. The van der Waals surface area contributed by atoms with Crippen molar-refractivity contribution in [2.45, 2.75) is 134 Å². The van der Waals surface area contributed by atoms with Crippen molar-refractivity contribution in [2.75, 3.05) is 0 Å². The predicted molar refractivity (Wildman–Crippen MR) is 194 cm³/mol. The van der Waals surface area contributed by atoms with Crippen molar-refractivity contribution in [3.05, 3.63) is 85.0 Å². The van der Waals surface area contributed by atoms with Crippen LogP contribution in [0.4, 0.5) is 0 Å². The summed E-state index contributed by atoms with van der Waals surface area (Å²) in [6.07, 6.45) is 10.8. The first-order valence-electron chi connectivity index (χ1n) is 17.3. The molecule has 5 atom stereocenters. The van der Waals surface area contributed by atoms with Crippen molar-refractivity contribution < 1.29 is 0 Å². The third-order valence-electron chi connectivity index (χ3n) is 8.37. The normalized spacial score (nSPS) is 21.9. The fraction of sp³-hybridized carbons (Fsp3) is 0.619. The average molecular weight is 575 g/mol. The highest BCUT2D eigenvalue weighted by Crippen LogP contribution is 2.69. The van der Waals surface area contributed by atoms with Crippen molar-refractivity contribution in [3.63, 3.8) is 0 Å². The highest BCUT2D eigenvalue weighted by atomic mass is 14.7. The Balaban J connectivity index is 0.000000657. The largest absolute Gasteiger partial charge is 0.103 e. The molecule has 2 saturated carbocycles. The Morgan fingerprint density at radius 3 is 1.62 bits per heavy atom. The Morgan fingerprint density at radius 1 is 0.810 bits per heavy atom. The van der Waals surface area contributed by atoms with Crippen molar-refractivity contribution in [1.82, 2.24) is 0 Å². The summed E-state index contributed by atoms with van der Waals surface area (Å²) in [5.74, 6) is 6.29. The molecule has 2 aliphatic carbocycles. The van der Waals surface area contributed by atoms with E-state index in [1.807, 2.05) is 19.9 Å². The van der Waals surface area contributed by atoms with E-state index in [0.29, 0.717) is 11.3 Å². The first-order valence-corrected chi connectivity index (χ1v) is 17.3. The second-order valence-corrected chi connectivity index (χ2v) is 13.9. The molecule has 0 bridgehead atoms. The highest BCUT2D eigenvalue weighted by molar-refractivity contribution is 5.63. The van der Waals surface area contributed by atoms with Gasteiger partial charge in [-0.1, -0.05) is 162 Å². The van der Waals surface area contributed by atoms with E-state index in [1.54, 1.807) is 0 Å². The Bertz CT molecular complexity index is 920. The van der Waals surface area contributed by atoms with Gasteiger partial charge >= 0.3 is 0 Å². The fourth-order valence-corrected chi connectivity index (χ4v) is 6.13. The third kappa shape index (κ3) is 15.4. The average Bonchev–Trinajstić information content (AvgIpc) is 3.54. The molecule has 0 heterocycles. The molecule has 0 amide bonds. The van der Waals surface area contributed by atoms with Crippen molar-refractivity contribution in [1.29, 1.82) is 0 Å². The molecular weight excluding hydrogens is 504 g/mol. The van der Waals surface area contributed by atoms with Crippen LogP contribution >= 0.6 is 0 Å². The maximum Gasteiger partial charge on any atom is -0.0184 e. The predicted octanol–water partition coefficient (Wildman–Crippen LogP) is 14.2. The first-order chi connectivity index (χ1) is 19.9. The van der Waals surface area contributed by atoms with Crippen LogP contribution in [-0.2, 0) is 0 Å². The molecule has 5 unspecified atom stereocenters. The standard InChI is InChI=1S/C21H26.C10H18.C5H12.C4H8.C2H6/c1-17(2)9-7-8-10-18(3)19-13-15-21(16-14-19)20-11-5-4-6-12-20;1-4-7-8(5-2)10-6(3)9(7)10;1-5(2,3)4;1-3-4-2;1-2/h4-6,11-16,18H,1,7-10H2,2-3H3;6-10H,4-5H2,1-3H3;1-4H3;3H,1,4H2,2H3;1-2H3. The maximum atomic E-state index is 3.97. The molecule has 0 heteroatoms. The SMILES string of the molecule is C=C(C)CCCCC(C)c1ccc(-c2ccccc2)cc1.C=CCC.CC.CC(C)(C)C.CCC1C(CC)C2C(C)C12. The van der Waals surface area contributed by atoms with Crippen molar-refractivity contribution in [3.8, 4) is 11.1 Å². The lowest BCUT2D eigenvalue weighted by Crippen LogP contribution is -2.28. The summed E-state index contributed by atoms with van der Waals surface area (Å²) in [5.41, 5.74) is 5.84. The van der Waals surface area contributed by atoms with E-state index in [2.05, 4.69) is 137 Å². The molecule has 0 aromatic heterocycles. The zero-order valence-electron chi connectivity index (χ0n) is 30.1. The number of unbranched alkanes of at least 4 members (excludes halogenated alkanes) is 1. The molecule has 0 spiro atoms. The molecule has 0 N–H and O–H groups in total. The third-order valence-corrected chi connectivity index (χ3v) is 8.37. The topological polar surface area (TPSA) is 0 Å². The van der Waals surface area contributed by atoms with Gasteiger partial charge in [-0.05, 0) is 90.2 Å². The summed E-state index contributed by atoms with van der Waals surface area (Å²) < 4.78 is 0. The maximum absolute atomic E-state index is 3.97. The summed E-state index contributed by atoms with van der Waals surface area (Å²) in [4.78, 5) is 0. The number of rotatable bonds is 10. The Morgan fingerprint density at radius 2 is 1.24 bits per heavy atom. The fourth-order valence-electron chi connectivity index (χ4n) is 6.13. The number of allylic oxidation sites excluding steroid dienone is 2. The zero-order valence-corrected chi connectivity index (χ0v) is 30.1. The number of hydrogen-bond donors (Lipinski definition) is 0. The Hall–Kier alpha value is -2.08. The molecule has 0 saturated heterocycles. The van der Waals surface area contributed by atoms with Gasteiger partial charge < -0.3 is 0 Å². The smallest absolute Gasteiger partial charge is 0.0184 e. The van der Waals surface area contributed by atoms with Gasteiger partial charge in [0.1, 0.15) is 0 Å². The molecule has 4 rings (SSSR count). The monoisotopic (exact) mass is 575 g/mol. The van der Waals surface area contributed by atoms with Gasteiger partial charge in [0.2, 0.25) is 0 Å². The second-order valence-electron chi connectivity index (χ2n) is 13.9. The van der Waals surface area contributed by atoms with Gasteiger partial charge in [0.15, 0.2) is 0 Å². The van der Waals surface area contributed by atoms with Crippen LogP contribution in [0.3, 0.4) is 0 Å². The molecule has 2 aromatic carbocycles. The summed E-state index contributed by atoms with van der Waals surface area (Å²) in [7, 11) is 0. The van der Waals surface area contributed by atoms with Crippen LogP contribution in [0.5, 0.6) is 0 Å². The van der Waals surface area contributed by atoms with Crippen LogP contribution in [-0.4, -0.2) is 0 Å². The molecule has 0 nitrogen and oxygen atoms in total. The lowest BCUT2D eigenvalue weighted by Gasteiger charge is -2.34. The van der Waals surface area contributed by atoms with E-state index in [9.17, 15) is 0 Å². The molecule has 0 aliphatic heterocycles.